The molecule has 1 saturated heterocycles. The van der Waals surface area contributed by atoms with Crippen molar-refractivity contribution in [3.63, 3.8) is 0 Å². The van der Waals surface area contributed by atoms with Gasteiger partial charge in [-0.25, -0.2) is 0 Å². The minimum absolute atomic E-state index is 0.455. The van der Waals surface area contributed by atoms with E-state index in [0.29, 0.717) is 5.54 Å². The fraction of sp³-hybridized carbons (Fsp3) is 1.00. The molecule has 1 aliphatic rings. The van der Waals surface area contributed by atoms with Gasteiger partial charge in [-0.15, -0.1) is 0 Å². The van der Waals surface area contributed by atoms with Crippen molar-refractivity contribution in [3.05, 3.63) is 0 Å². The summed E-state index contributed by atoms with van der Waals surface area (Å²) in [4.78, 5) is 0. The molecule has 1 nitrogen and oxygen atoms in total. The highest BCUT2D eigenvalue weighted by atomic mass is 15.2. The summed E-state index contributed by atoms with van der Waals surface area (Å²) < 4.78 is 0. The van der Waals surface area contributed by atoms with Crippen molar-refractivity contribution in [2.45, 2.75) is 129 Å². The van der Waals surface area contributed by atoms with Gasteiger partial charge in [0.2, 0.25) is 0 Å². The van der Waals surface area contributed by atoms with Crippen LogP contribution in [0.2, 0.25) is 0 Å². The van der Waals surface area contributed by atoms with Crippen molar-refractivity contribution < 1.29 is 0 Å². The maximum atomic E-state index is 3.55. The van der Waals surface area contributed by atoms with Gasteiger partial charge in [0.25, 0.3) is 0 Å². The summed E-state index contributed by atoms with van der Waals surface area (Å²) in [6, 6.07) is 0.815. The Morgan fingerprint density at radius 1 is 0.619 bits per heavy atom. The SMILES string of the molecule is CCCCCCCCCCCCCCCCC1NC1(C)C. The Bertz CT molecular complexity index is 234. The lowest BCUT2D eigenvalue weighted by Crippen LogP contribution is -2.03. The van der Waals surface area contributed by atoms with Gasteiger partial charge in [0.05, 0.1) is 0 Å². The Morgan fingerprint density at radius 2 is 0.952 bits per heavy atom. The second-order valence-electron chi connectivity index (χ2n) is 7.80. The number of nitrogens with one attached hydrogen (secondary N) is 1. The summed E-state index contributed by atoms with van der Waals surface area (Å²) in [6.07, 6.45) is 21.8. The highest BCUT2D eigenvalue weighted by Gasteiger charge is 2.43. The topological polar surface area (TPSA) is 21.9 Å². The highest BCUT2D eigenvalue weighted by Crippen LogP contribution is 2.29. The molecule has 0 aliphatic carbocycles. The minimum atomic E-state index is 0.455. The standard InChI is InChI=1S/C20H41N/c1-4-5-6-7-8-9-10-11-12-13-14-15-16-17-18-19-20(2,3)21-19/h19,21H,4-18H2,1-3H3. The van der Waals surface area contributed by atoms with Gasteiger partial charge in [-0.2, -0.15) is 0 Å². The zero-order valence-electron chi connectivity index (χ0n) is 15.2. The minimum Gasteiger partial charge on any atom is -0.306 e. The lowest BCUT2D eigenvalue weighted by atomic mass is 10.0. The van der Waals surface area contributed by atoms with Gasteiger partial charge in [0.15, 0.2) is 0 Å². The van der Waals surface area contributed by atoms with Gasteiger partial charge >= 0.3 is 0 Å². The Balaban J connectivity index is 1.66. The van der Waals surface area contributed by atoms with E-state index >= 15 is 0 Å². The molecule has 1 fully saturated rings. The largest absolute Gasteiger partial charge is 0.306 e. The van der Waals surface area contributed by atoms with Crippen molar-refractivity contribution in [3.8, 4) is 0 Å². The summed E-state index contributed by atoms with van der Waals surface area (Å²) in [5.74, 6) is 0. The van der Waals surface area contributed by atoms with E-state index in [1.165, 1.54) is 96.3 Å². The van der Waals surface area contributed by atoms with Crippen LogP contribution in [-0.4, -0.2) is 11.6 Å². The van der Waals surface area contributed by atoms with Crippen LogP contribution in [0.4, 0.5) is 0 Å². The van der Waals surface area contributed by atoms with E-state index < -0.39 is 0 Å². The van der Waals surface area contributed by atoms with Crippen LogP contribution in [0.25, 0.3) is 0 Å². The molecule has 0 radical (unpaired) electrons. The predicted octanol–water partition coefficient (Wildman–Crippen LogP) is 6.61. The first-order chi connectivity index (χ1) is 10.2. The molecular formula is C20H41N. The van der Waals surface area contributed by atoms with Gasteiger partial charge in [-0.3, -0.25) is 0 Å². The monoisotopic (exact) mass is 295 g/mol. The summed E-state index contributed by atoms with van der Waals surface area (Å²) in [7, 11) is 0. The summed E-state index contributed by atoms with van der Waals surface area (Å²) >= 11 is 0. The van der Waals surface area contributed by atoms with Crippen LogP contribution in [-0.2, 0) is 0 Å². The van der Waals surface area contributed by atoms with Crippen molar-refractivity contribution >= 4 is 0 Å². The number of hydrogen-bond donors (Lipinski definition) is 1. The zero-order chi connectivity index (χ0) is 15.4. The first-order valence-corrected chi connectivity index (χ1v) is 9.94. The molecule has 0 saturated carbocycles. The van der Waals surface area contributed by atoms with E-state index in [1.54, 1.807) is 0 Å². The smallest absolute Gasteiger partial charge is 0.0281 e. The molecule has 1 aliphatic heterocycles. The molecular weight excluding hydrogens is 254 g/mol. The van der Waals surface area contributed by atoms with Crippen LogP contribution in [0.15, 0.2) is 0 Å². The molecule has 1 heteroatoms. The Morgan fingerprint density at radius 3 is 1.29 bits per heavy atom. The van der Waals surface area contributed by atoms with Gasteiger partial charge in [0.1, 0.15) is 0 Å². The highest BCUT2D eigenvalue weighted by molar-refractivity contribution is 5.07. The average molecular weight is 296 g/mol. The van der Waals surface area contributed by atoms with Crippen LogP contribution in [0.1, 0.15) is 117 Å². The Kier molecular flexibility index (Phi) is 10.4. The molecule has 1 N–H and O–H groups in total. The first kappa shape index (κ1) is 19.0. The molecule has 21 heavy (non-hydrogen) atoms. The third-order valence-electron chi connectivity index (χ3n) is 5.18. The molecule has 1 rings (SSSR count). The van der Waals surface area contributed by atoms with E-state index in [-0.39, 0.29) is 0 Å². The quantitative estimate of drug-likeness (QED) is 0.266. The summed E-state index contributed by atoms with van der Waals surface area (Å²) in [6.45, 7) is 6.94. The van der Waals surface area contributed by atoms with Crippen LogP contribution in [0.3, 0.4) is 0 Å². The first-order valence-electron chi connectivity index (χ1n) is 9.94. The van der Waals surface area contributed by atoms with Crippen LogP contribution in [0, 0.1) is 0 Å². The number of unbranched alkanes of at least 4 members (excludes halogenated alkanes) is 13. The summed E-state index contributed by atoms with van der Waals surface area (Å²) in [5, 5.41) is 3.55. The average Bonchev–Trinajstić information content (AvgIpc) is 3.06. The molecule has 0 bridgehead atoms. The van der Waals surface area contributed by atoms with Crippen LogP contribution < -0.4 is 5.32 Å². The van der Waals surface area contributed by atoms with Gasteiger partial charge < -0.3 is 5.32 Å². The normalized spacial score (nSPS) is 19.9. The second-order valence-corrected chi connectivity index (χ2v) is 7.80. The van der Waals surface area contributed by atoms with Gasteiger partial charge in [-0.1, -0.05) is 96.8 Å². The van der Waals surface area contributed by atoms with E-state index in [4.69, 9.17) is 0 Å². The van der Waals surface area contributed by atoms with E-state index in [2.05, 4.69) is 26.1 Å². The number of rotatable bonds is 15. The third-order valence-corrected chi connectivity index (χ3v) is 5.18. The Labute approximate surface area is 134 Å². The fourth-order valence-corrected chi connectivity index (χ4v) is 3.38. The third kappa shape index (κ3) is 10.3. The van der Waals surface area contributed by atoms with Gasteiger partial charge in [-0.05, 0) is 20.3 Å². The molecule has 0 aromatic carbocycles. The molecule has 126 valence electrons. The van der Waals surface area contributed by atoms with Crippen molar-refractivity contribution in [2.24, 2.45) is 0 Å². The van der Waals surface area contributed by atoms with Crippen molar-refractivity contribution in [1.29, 1.82) is 0 Å². The van der Waals surface area contributed by atoms with Crippen LogP contribution in [0.5, 0.6) is 0 Å². The number of hydrogen-bond acceptors (Lipinski definition) is 1. The molecule has 1 unspecified atom stereocenters. The zero-order valence-corrected chi connectivity index (χ0v) is 15.2. The van der Waals surface area contributed by atoms with E-state index in [1.807, 2.05) is 0 Å². The lowest BCUT2D eigenvalue weighted by Gasteiger charge is -2.03. The van der Waals surface area contributed by atoms with Crippen LogP contribution >= 0.6 is 0 Å². The molecule has 0 aromatic rings. The Hall–Kier alpha value is -0.0400. The molecule has 0 spiro atoms. The second kappa shape index (κ2) is 11.5. The summed E-state index contributed by atoms with van der Waals surface area (Å²) in [5.41, 5.74) is 0.455. The lowest BCUT2D eigenvalue weighted by molar-refractivity contribution is 0.529. The molecule has 0 aromatic heterocycles. The van der Waals surface area contributed by atoms with Crippen molar-refractivity contribution in [1.82, 2.24) is 5.32 Å². The fourth-order valence-electron chi connectivity index (χ4n) is 3.38. The maximum absolute atomic E-state index is 3.55. The maximum Gasteiger partial charge on any atom is 0.0281 e. The molecule has 0 amide bonds. The molecule has 1 atom stereocenters. The molecule has 1 heterocycles. The van der Waals surface area contributed by atoms with Crippen molar-refractivity contribution in [2.75, 3.05) is 0 Å². The predicted molar refractivity (Wildman–Crippen MR) is 95.9 cm³/mol. The van der Waals surface area contributed by atoms with E-state index in [9.17, 15) is 0 Å². The van der Waals surface area contributed by atoms with Gasteiger partial charge in [0, 0.05) is 11.6 Å². The van der Waals surface area contributed by atoms with E-state index in [0.717, 1.165) is 6.04 Å².